The molecule has 0 aliphatic carbocycles. The van der Waals surface area contributed by atoms with Crippen LogP contribution in [0.1, 0.15) is 10.4 Å². The Morgan fingerprint density at radius 3 is 2.48 bits per heavy atom. The minimum absolute atomic E-state index is 0.0775. The fraction of sp³-hybridized carbons (Fsp3) is 0.0588. The predicted octanol–water partition coefficient (Wildman–Crippen LogP) is 2.64. The zero-order chi connectivity index (χ0) is 17.9. The molecule has 128 valence electrons. The number of hydrogen-bond acceptors (Lipinski definition) is 6. The Labute approximate surface area is 149 Å². The van der Waals surface area contributed by atoms with E-state index in [1.54, 1.807) is 6.07 Å². The Hall–Kier alpha value is -2.58. The quantitative estimate of drug-likeness (QED) is 0.454. The number of carbonyl (C=O) groups is 2. The molecule has 0 spiro atoms. The number of amides is 1. The maximum Gasteiger partial charge on any atom is 0.333 e. The lowest BCUT2D eigenvalue weighted by Gasteiger charge is -2.14. The molecule has 0 saturated carbocycles. The van der Waals surface area contributed by atoms with Crippen molar-refractivity contribution in [3.05, 3.63) is 71.6 Å². The first-order valence-electron chi connectivity index (χ1n) is 7.21. The number of hydrogen-bond donors (Lipinski definition) is 0. The summed E-state index contributed by atoms with van der Waals surface area (Å²) >= 11 is 1.32. The number of ether oxygens (including phenoxy) is 1. The van der Waals surface area contributed by atoms with Crippen molar-refractivity contribution in [2.75, 3.05) is 6.73 Å². The van der Waals surface area contributed by atoms with Crippen LogP contribution < -0.4 is 0 Å². The Morgan fingerprint density at radius 2 is 1.76 bits per heavy atom. The number of nitrogens with zero attached hydrogens (tertiary/aromatic N) is 1. The normalized spacial score (nSPS) is 15.4. The van der Waals surface area contributed by atoms with Gasteiger partial charge in [0.25, 0.3) is 15.9 Å². The molecule has 25 heavy (non-hydrogen) atoms. The van der Waals surface area contributed by atoms with E-state index in [1.165, 1.54) is 41.4 Å². The molecule has 0 radical (unpaired) electrons. The van der Waals surface area contributed by atoms with E-state index in [4.69, 9.17) is 4.74 Å². The van der Waals surface area contributed by atoms with E-state index < -0.39 is 28.6 Å². The molecule has 0 fully saturated rings. The molecular formula is C17H13NO5S2. The molecule has 0 unspecified atom stereocenters. The second-order valence-corrected chi connectivity index (χ2v) is 7.79. The molecule has 0 bridgehead atoms. The first-order chi connectivity index (χ1) is 12.0. The molecule has 0 aromatic heterocycles. The summed E-state index contributed by atoms with van der Waals surface area (Å²) in [4.78, 5) is 24.7. The summed E-state index contributed by atoms with van der Waals surface area (Å²) in [7, 11) is -3.98. The van der Waals surface area contributed by atoms with Crippen molar-refractivity contribution in [3.63, 3.8) is 0 Å². The van der Waals surface area contributed by atoms with Gasteiger partial charge in [0.1, 0.15) is 4.90 Å². The van der Waals surface area contributed by atoms with Crippen LogP contribution in [0.5, 0.6) is 0 Å². The van der Waals surface area contributed by atoms with Gasteiger partial charge in [0.2, 0.25) is 0 Å². The number of fused-ring (bicyclic) bond motifs is 1. The Balaban J connectivity index is 1.60. The molecule has 6 nitrogen and oxygen atoms in total. The molecule has 0 atom stereocenters. The highest BCUT2D eigenvalue weighted by Crippen LogP contribution is 2.29. The van der Waals surface area contributed by atoms with Crippen LogP contribution in [0.4, 0.5) is 0 Å². The van der Waals surface area contributed by atoms with Crippen LogP contribution in [0.15, 0.2) is 75.9 Å². The first kappa shape index (κ1) is 17.2. The van der Waals surface area contributed by atoms with E-state index >= 15 is 0 Å². The van der Waals surface area contributed by atoms with Gasteiger partial charge >= 0.3 is 5.97 Å². The van der Waals surface area contributed by atoms with Crippen LogP contribution in [0.25, 0.3) is 0 Å². The van der Waals surface area contributed by atoms with Gasteiger partial charge in [-0.3, -0.25) is 4.79 Å². The Bertz CT molecular complexity index is 939. The highest BCUT2D eigenvalue weighted by Gasteiger charge is 2.41. The lowest BCUT2D eigenvalue weighted by molar-refractivity contribution is -0.139. The van der Waals surface area contributed by atoms with Gasteiger partial charge in [-0.2, -0.15) is 4.31 Å². The van der Waals surface area contributed by atoms with Crippen molar-refractivity contribution >= 4 is 33.7 Å². The summed E-state index contributed by atoms with van der Waals surface area (Å²) in [6.07, 6.45) is 1.18. The molecule has 0 N–H and O–H groups in total. The molecule has 1 amide bonds. The van der Waals surface area contributed by atoms with E-state index in [0.29, 0.717) is 4.31 Å². The number of sulfonamides is 1. The lowest BCUT2D eigenvalue weighted by Crippen LogP contribution is -2.33. The topological polar surface area (TPSA) is 80.8 Å². The second kappa shape index (κ2) is 7.12. The molecule has 2 aromatic carbocycles. The van der Waals surface area contributed by atoms with Crippen molar-refractivity contribution in [3.8, 4) is 0 Å². The number of thioether (sulfide) groups is 1. The van der Waals surface area contributed by atoms with Crippen LogP contribution in [0.2, 0.25) is 0 Å². The number of rotatable bonds is 5. The summed E-state index contributed by atoms with van der Waals surface area (Å²) < 4.78 is 30.0. The van der Waals surface area contributed by atoms with Gasteiger partial charge in [-0.1, -0.05) is 42.1 Å². The maximum atomic E-state index is 12.3. The zero-order valence-electron chi connectivity index (χ0n) is 12.9. The van der Waals surface area contributed by atoms with Crippen LogP contribution in [-0.2, 0) is 19.6 Å². The smallest absolute Gasteiger partial charge is 0.333 e. The van der Waals surface area contributed by atoms with Gasteiger partial charge in [-0.25, -0.2) is 13.2 Å². The molecule has 1 aliphatic rings. The fourth-order valence-electron chi connectivity index (χ4n) is 2.20. The number of esters is 1. The van der Waals surface area contributed by atoms with E-state index in [9.17, 15) is 18.0 Å². The number of carbonyl (C=O) groups excluding carboxylic acids is 2. The van der Waals surface area contributed by atoms with Crippen LogP contribution in [-0.4, -0.2) is 31.3 Å². The SMILES string of the molecule is O=C(/C=C/Sc1ccccc1)OCN1C(=O)c2ccccc2S1(=O)=O. The summed E-state index contributed by atoms with van der Waals surface area (Å²) in [5, 5.41) is 1.53. The average molecular weight is 375 g/mol. The highest BCUT2D eigenvalue weighted by atomic mass is 32.2. The molecule has 2 aromatic rings. The Kier molecular flexibility index (Phi) is 4.91. The van der Waals surface area contributed by atoms with E-state index in [1.807, 2.05) is 30.3 Å². The van der Waals surface area contributed by atoms with Crippen LogP contribution in [0, 0.1) is 0 Å². The van der Waals surface area contributed by atoms with Crippen molar-refractivity contribution in [2.24, 2.45) is 0 Å². The zero-order valence-corrected chi connectivity index (χ0v) is 14.5. The molecule has 1 aliphatic heterocycles. The predicted molar refractivity (Wildman–Crippen MR) is 92.2 cm³/mol. The molecule has 8 heteroatoms. The number of benzene rings is 2. The van der Waals surface area contributed by atoms with Crippen LogP contribution in [0.3, 0.4) is 0 Å². The van der Waals surface area contributed by atoms with Crippen molar-refractivity contribution in [2.45, 2.75) is 9.79 Å². The highest BCUT2D eigenvalue weighted by molar-refractivity contribution is 8.02. The third kappa shape index (κ3) is 3.59. The van der Waals surface area contributed by atoms with Gasteiger partial charge in [0.05, 0.1) is 5.56 Å². The molecule has 0 saturated heterocycles. The summed E-state index contributed by atoms with van der Waals surface area (Å²) in [5.41, 5.74) is 0.0775. The third-order valence-electron chi connectivity index (χ3n) is 3.39. The van der Waals surface area contributed by atoms with E-state index in [0.717, 1.165) is 4.90 Å². The van der Waals surface area contributed by atoms with Gasteiger partial charge in [0, 0.05) is 11.0 Å². The lowest BCUT2D eigenvalue weighted by atomic mass is 10.2. The van der Waals surface area contributed by atoms with Crippen molar-refractivity contribution in [1.82, 2.24) is 4.31 Å². The second-order valence-electron chi connectivity index (χ2n) is 4.98. The largest absolute Gasteiger partial charge is 0.440 e. The summed E-state index contributed by atoms with van der Waals surface area (Å²) in [6, 6.07) is 15.3. The van der Waals surface area contributed by atoms with Crippen molar-refractivity contribution in [1.29, 1.82) is 0 Å². The summed E-state index contributed by atoms with van der Waals surface area (Å²) in [5.74, 6) is -1.44. The van der Waals surface area contributed by atoms with Gasteiger partial charge < -0.3 is 4.74 Å². The van der Waals surface area contributed by atoms with E-state index in [2.05, 4.69) is 0 Å². The standard InChI is InChI=1S/C17H13NO5S2/c19-16(10-11-24-13-6-2-1-3-7-13)23-12-18-17(20)14-8-4-5-9-15(14)25(18,21)22/h1-11H,12H2/b11-10+. The van der Waals surface area contributed by atoms with Gasteiger partial charge in [0.15, 0.2) is 6.73 Å². The first-order valence-corrected chi connectivity index (χ1v) is 9.53. The van der Waals surface area contributed by atoms with Crippen LogP contribution >= 0.6 is 11.8 Å². The third-order valence-corrected chi connectivity index (χ3v) is 5.97. The maximum absolute atomic E-state index is 12.3. The van der Waals surface area contributed by atoms with Gasteiger partial charge in [-0.05, 0) is 29.7 Å². The Morgan fingerprint density at radius 1 is 1.08 bits per heavy atom. The van der Waals surface area contributed by atoms with Crippen molar-refractivity contribution < 1.29 is 22.7 Å². The molecule has 3 rings (SSSR count). The molecular weight excluding hydrogens is 362 g/mol. The molecule has 1 heterocycles. The van der Waals surface area contributed by atoms with E-state index in [-0.39, 0.29) is 10.5 Å². The monoisotopic (exact) mass is 375 g/mol. The average Bonchev–Trinajstić information content (AvgIpc) is 2.81. The summed E-state index contributed by atoms with van der Waals surface area (Å²) in [6.45, 7) is -0.658. The fourth-order valence-corrected chi connectivity index (χ4v) is 4.28. The minimum Gasteiger partial charge on any atom is -0.440 e. The minimum atomic E-state index is -3.98. The van der Waals surface area contributed by atoms with Gasteiger partial charge in [-0.15, -0.1) is 0 Å².